The van der Waals surface area contributed by atoms with E-state index < -0.39 is 4.92 Å². The summed E-state index contributed by atoms with van der Waals surface area (Å²) < 4.78 is 11.2. The number of carbonyl (C=O) groups excluding carboxylic acids is 1. The quantitative estimate of drug-likeness (QED) is 0.513. The van der Waals surface area contributed by atoms with E-state index in [9.17, 15) is 14.9 Å². The molecule has 0 aliphatic carbocycles. The van der Waals surface area contributed by atoms with Crippen LogP contribution in [0.15, 0.2) is 36.4 Å². The molecule has 0 bridgehead atoms. The number of amides is 1. The second-order valence-corrected chi connectivity index (χ2v) is 6.96. The Morgan fingerprint density at radius 3 is 2.54 bits per heavy atom. The van der Waals surface area contributed by atoms with Crippen LogP contribution in [0.1, 0.15) is 41.8 Å². The number of nitrogens with one attached hydrogen (secondary N) is 1. The van der Waals surface area contributed by atoms with Crippen LogP contribution in [0.4, 0.5) is 5.69 Å². The third kappa shape index (κ3) is 5.70. The fourth-order valence-electron chi connectivity index (χ4n) is 2.64. The molecule has 150 valence electrons. The molecule has 7 nitrogen and oxygen atoms in total. The SMILES string of the molecule is COc1cc(CNC(=O)c2ccc([N+](=O)[O-])cc2C)ccc1OCCC(C)C. The van der Waals surface area contributed by atoms with Crippen molar-refractivity contribution >= 4 is 11.6 Å². The van der Waals surface area contributed by atoms with Crippen LogP contribution in [0.25, 0.3) is 0 Å². The molecule has 2 aromatic carbocycles. The van der Waals surface area contributed by atoms with Crippen molar-refractivity contribution in [3.63, 3.8) is 0 Å². The molecular weight excluding hydrogens is 360 g/mol. The summed E-state index contributed by atoms with van der Waals surface area (Å²) in [5.74, 6) is 1.55. The van der Waals surface area contributed by atoms with Gasteiger partial charge in [-0.15, -0.1) is 0 Å². The molecule has 7 heteroatoms. The van der Waals surface area contributed by atoms with E-state index in [0.717, 1.165) is 12.0 Å². The van der Waals surface area contributed by atoms with E-state index in [4.69, 9.17) is 9.47 Å². The van der Waals surface area contributed by atoms with E-state index in [-0.39, 0.29) is 11.6 Å². The minimum Gasteiger partial charge on any atom is -0.493 e. The third-order valence-electron chi connectivity index (χ3n) is 4.30. The number of non-ortho nitro benzene ring substituents is 1. The number of hydrogen-bond acceptors (Lipinski definition) is 5. The predicted octanol–water partition coefficient (Wildman–Crippen LogP) is 4.27. The minimum atomic E-state index is -0.480. The first-order valence-electron chi connectivity index (χ1n) is 9.14. The fraction of sp³-hybridized carbons (Fsp3) is 0.381. The van der Waals surface area contributed by atoms with Crippen LogP contribution in [0.3, 0.4) is 0 Å². The lowest BCUT2D eigenvalue weighted by atomic mass is 10.1. The van der Waals surface area contributed by atoms with E-state index >= 15 is 0 Å². The van der Waals surface area contributed by atoms with Gasteiger partial charge in [-0.3, -0.25) is 14.9 Å². The van der Waals surface area contributed by atoms with Crippen molar-refractivity contribution in [1.29, 1.82) is 0 Å². The lowest BCUT2D eigenvalue weighted by Gasteiger charge is -2.13. The molecule has 0 fully saturated rings. The van der Waals surface area contributed by atoms with Gasteiger partial charge >= 0.3 is 0 Å². The molecule has 0 saturated heterocycles. The third-order valence-corrected chi connectivity index (χ3v) is 4.30. The lowest BCUT2D eigenvalue weighted by Crippen LogP contribution is -2.23. The Morgan fingerprint density at radius 1 is 1.18 bits per heavy atom. The smallest absolute Gasteiger partial charge is 0.269 e. The number of benzene rings is 2. The van der Waals surface area contributed by atoms with Gasteiger partial charge in [0.05, 0.1) is 18.6 Å². The zero-order valence-electron chi connectivity index (χ0n) is 16.7. The number of nitro groups is 1. The highest BCUT2D eigenvalue weighted by atomic mass is 16.6. The van der Waals surface area contributed by atoms with E-state index in [0.29, 0.717) is 41.7 Å². The largest absolute Gasteiger partial charge is 0.493 e. The topological polar surface area (TPSA) is 90.7 Å². The summed E-state index contributed by atoms with van der Waals surface area (Å²) in [5.41, 5.74) is 1.79. The van der Waals surface area contributed by atoms with Crippen LogP contribution >= 0.6 is 0 Å². The maximum atomic E-state index is 12.4. The molecule has 0 aromatic heterocycles. The summed E-state index contributed by atoms with van der Waals surface area (Å²) in [6, 6.07) is 9.71. The van der Waals surface area contributed by atoms with Crippen molar-refractivity contribution < 1.29 is 19.2 Å². The summed E-state index contributed by atoms with van der Waals surface area (Å²) in [5, 5.41) is 13.6. The van der Waals surface area contributed by atoms with E-state index in [1.54, 1.807) is 14.0 Å². The lowest BCUT2D eigenvalue weighted by molar-refractivity contribution is -0.384. The van der Waals surface area contributed by atoms with Gasteiger partial charge in [0, 0.05) is 24.2 Å². The molecule has 0 radical (unpaired) electrons. The van der Waals surface area contributed by atoms with Crippen LogP contribution in [-0.2, 0) is 6.54 Å². The molecule has 0 spiro atoms. The second-order valence-electron chi connectivity index (χ2n) is 6.96. The van der Waals surface area contributed by atoms with Gasteiger partial charge in [0.2, 0.25) is 0 Å². The maximum Gasteiger partial charge on any atom is 0.269 e. The number of nitro benzene ring substituents is 1. The predicted molar refractivity (Wildman–Crippen MR) is 107 cm³/mol. The monoisotopic (exact) mass is 386 g/mol. The fourth-order valence-corrected chi connectivity index (χ4v) is 2.64. The molecule has 2 aromatic rings. The van der Waals surface area contributed by atoms with Crippen LogP contribution in [0.5, 0.6) is 11.5 Å². The molecule has 1 N–H and O–H groups in total. The average Bonchev–Trinajstić information content (AvgIpc) is 2.66. The Labute approximate surface area is 164 Å². The van der Waals surface area contributed by atoms with Crippen molar-refractivity contribution in [1.82, 2.24) is 5.32 Å². The number of ether oxygens (including phenoxy) is 2. The highest BCUT2D eigenvalue weighted by Crippen LogP contribution is 2.28. The highest BCUT2D eigenvalue weighted by molar-refractivity contribution is 5.95. The highest BCUT2D eigenvalue weighted by Gasteiger charge is 2.14. The molecule has 0 unspecified atom stereocenters. The van der Waals surface area contributed by atoms with E-state index in [1.165, 1.54) is 18.2 Å². The second kappa shape index (κ2) is 9.73. The molecule has 0 aliphatic heterocycles. The van der Waals surface area contributed by atoms with E-state index in [1.807, 2.05) is 18.2 Å². The average molecular weight is 386 g/mol. The van der Waals surface area contributed by atoms with Crippen LogP contribution < -0.4 is 14.8 Å². The molecule has 0 heterocycles. The summed E-state index contributed by atoms with van der Waals surface area (Å²) in [4.78, 5) is 22.7. The zero-order chi connectivity index (χ0) is 20.7. The number of aryl methyl sites for hydroxylation is 1. The van der Waals surface area contributed by atoms with E-state index in [2.05, 4.69) is 19.2 Å². The summed E-state index contributed by atoms with van der Waals surface area (Å²) in [7, 11) is 1.58. The van der Waals surface area contributed by atoms with Gasteiger partial charge in [0.15, 0.2) is 11.5 Å². The first-order chi connectivity index (χ1) is 13.3. The Hall–Kier alpha value is -3.09. The number of methoxy groups -OCH3 is 1. The maximum absolute atomic E-state index is 12.4. The summed E-state index contributed by atoms with van der Waals surface area (Å²) >= 11 is 0. The van der Waals surface area contributed by atoms with Crippen molar-refractivity contribution in [3.8, 4) is 11.5 Å². The van der Waals surface area contributed by atoms with Gasteiger partial charge in [-0.25, -0.2) is 0 Å². The summed E-state index contributed by atoms with van der Waals surface area (Å²) in [6.07, 6.45) is 0.954. The molecule has 0 atom stereocenters. The van der Waals surface area contributed by atoms with Crippen molar-refractivity contribution in [2.45, 2.75) is 33.7 Å². The van der Waals surface area contributed by atoms with Gasteiger partial charge in [-0.1, -0.05) is 19.9 Å². The van der Waals surface area contributed by atoms with Crippen LogP contribution in [0, 0.1) is 23.0 Å². The van der Waals surface area contributed by atoms with Gasteiger partial charge in [0.25, 0.3) is 11.6 Å². The first kappa shape index (κ1) is 21.2. The Bertz CT molecular complexity index is 849. The molecule has 28 heavy (non-hydrogen) atoms. The van der Waals surface area contributed by atoms with Gasteiger partial charge in [-0.05, 0) is 48.6 Å². The number of rotatable bonds is 9. The van der Waals surface area contributed by atoms with Crippen LogP contribution in [-0.4, -0.2) is 24.5 Å². The molecule has 0 saturated carbocycles. The molecule has 1 amide bonds. The molecule has 2 rings (SSSR count). The van der Waals surface area contributed by atoms with Crippen molar-refractivity contribution in [2.75, 3.05) is 13.7 Å². The molecular formula is C21H26N2O5. The van der Waals surface area contributed by atoms with Gasteiger partial charge < -0.3 is 14.8 Å². The number of carbonyl (C=O) groups is 1. The zero-order valence-corrected chi connectivity index (χ0v) is 16.7. The standard InChI is InChI=1S/C21H26N2O5/c1-14(2)9-10-28-19-8-5-16(12-20(19)27-4)13-22-21(24)18-7-6-17(23(25)26)11-15(18)3/h5-8,11-12,14H,9-10,13H2,1-4H3,(H,22,24). The normalized spacial score (nSPS) is 10.6. The summed E-state index contributed by atoms with van der Waals surface area (Å²) in [6.45, 7) is 6.87. The van der Waals surface area contributed by atoms with Crippen LogP contribution in [0.2, 0.25) is 0 Å². The van der Waals surface area contributed by atoms with Crippen molar-refractivity contribution in [2.24, 2.45) is 5.92 Å². The Kier molecular flexibility index (Phi) is 7.37. The number of hydrogen-bond donors (Lipinski definition) is 1. The number of nitrogens with zero attached hydrogens (tertiary/aromatic N) is 1. The first-order valence-corrected chi connectivity index (χ1v) is 9.14. The van der Waals surface area contributed by atoms with Gasteiger partial charge in [-0.2, -0.15) is 0 Å². The van der Waals surface area contributed by atoms with Crippen molar-refractivity contribution in [3.05, 3.63) is 63.2 Å². The van der Waals surface area contributed by atoms with Gasteiger partial charge in [0.1, 0.15) is 0 Å². The Balaban J connectivity index is 2.02. The Morgan fingerprint density at radius 2 is 1.93 bits per heavy atom. The minimum absolute atomic E-state index is 0.0353. The molecule has 0 aliphatic rings.